The minimum atomic E-state index is -1.12. The number of para-hydroxylation sites is 2. The third kappa shape index (κ3) is 14.3. The van der Waals surface area contributed by atoms with Crippen molar-refractivity contribution >= 4 is 80.6 Å². The number of carbonyl (C=O) groups is 6. The van der Waals surface area contributed by atoms with Crippen LogP contribution in [0.3, 0.4) is 0 Å². The number of hydrogen-bond donors (Lipinski definition) is 5. The number of halogens is 1. The van der Waals surface area contributed by atoms with Crippen LogP contribution in [-0.4, -0.2) is 100 Å². The molecule has 0 saturated heterocycles. The van der Waals surface area contributed by atoms with E-state index in [-0.39, 0.29) is 38.9 Å². The molecular weight excluding hydrogens is 905 g/mol. The molecule has 1 aliphatic rings. The molecule has 64 heavy (non-hydrogen) atoms. The van der Waals surface area contributed by atoms with Crippen molar-refractivity contribution < 1.29 is 38.2 Å². The fourth-order valence-electron chi connectivity index (χ4n) is 7.09. The molecule has 2 aromatic carbocycles. The molecule has 4 aromatic rings. The summed E-state index contributed by atoms with van der Waals surface area (Å²) in [5.74, 6) is -1.46. The predicted molar refractivity (Wildman–Crippen MR) is 250 cm³/mol. The molecule has 2 aromatic heterocycles. The molecule has 0 saturated carbocycles. The number of ether oxygens (including phenoxy) is 2. The number of rotatable bonds is 12. The van der Waals surface area contributed by atoms with E-state index in [9.17, 15) is 28.8 Å². The number of benzene rings is 2. The highest BCUT2D eigenvalue weighted by Gasteiger charge is 2.35. The van der Waals surface area contributed by atoms with E-state index in [2.05, 4.69) is 47.5 Å². The Hall–Kier alpha value is -5.46. The van der Waals surface area contributed by atoms with Crippen LogP contribution in [0.4, 0.5) is 15.3 Å². The van der Waals surface area contributed by atoms with Gasteiger partial charge in [0.05, 0.1) is 17.2 Å². The van der Waals surface area contributed by atoms with Crippen LogP contribution < -0.4 is 26.6 Å². The summed E-state index contributed by atoms with van der Waals surface area (Å²) in [6.07, 6.45) is 4.64. The van der Waals surface area contributed by atoms with E-state index in [1.54, 1.807) is 66.1 Å². The van der Waals surface area contributed by atoms with Gasteiger partial charge in [0.1, 0.15) is 28.3 Å². The molecule has 5 rings (SSSR count). The molecule has 18 heteroatoms. The normalized spacial score (nSPS) is 17.7. The van der Waals surface area contributed by atoms with Crippen LogP contribution in [-0.2, 0) is 41.6 Å². The molecule has 0 fully saturated rings. The first kappa shape index (κ1) is 49.6. The second-order valence-electron chi connectivity index (χ2n) is 17.5. The van der Waals surface area contributed by atoms with Crippen LogP contribution in [0.15, 0.2) is 81.4 Å². The van der Waals surface area contributed by atoms with Gasteiger partial charge < -0.3 is 41.0 Å². The third-order valence-corrected chi connectivity index (χ3v) is 11.9. The van der Waals surface area contributed by atoms with Crippen molar-refractivity contribution in [3.05, 3.63) is 82.6 Å². The molecule has 5 amide bonds. The number of carbonyl (C=O) groups excluding carboxylic acids is 6. The second-order valence-corrected chi connectivity index (χ2v) is 19.4. The van der Waals surface area contributed by atoms with Gasteiger partial charge in [-0.3, -0.25) is 23.7 Å². The Kier molecular flexibility index (Phi) is 17.4. The number of amides is 5. The molecule has 16 nitrogen and oxygen atoms in total. The Morgan fingerprint density at radius 3 is 2.23 bits per heavy atom. The first-order valence-electron chi connectivity index (χ1n) is 21.3. The van der Waals surface area contributed by atoms with Gasteiger partial charge in [-0.2, -0.15) is 0 Å². The van der Waals surface area contributed by atoms with E-state index >= 15 is 0 Å². The zero-order valence-corrected chi connectivity index (χ0v) is 39.8. The SMILES string of the molecule is CN1C(=O)C(CCCCNC(=O)OC(C)(C)C)NC(=O)C(CCCNC(=O)OC(C)(C)C)NCc2cccnc2Sc2cccc(Br)c2NC(=O)C1Cc1cn(C=O)c2ccccc12. The fourth-order valence-corrected chi connectivity index (χ4v) is 8.69. The third-order valence-electron chi connectivity index (χ3n) is 10.1. The Labute approximate surface area is 386 Å². The quantitative estimate of drug-likeness (QED) is 0.0727. The van der Waals surface area contributed by atoms with Gasteiger partial charge in [0.15, 0.2) is 0 Å². The molecule has 0 bridgehead atoms. The van der Waals surface area contributed by atoms with E-state index in [0.717, 1.165) is 10.9 Å². The monoisotopic (exact) mass is 962 g/mol. The van der Waals surface area contributed by atoms with Gasteiger partial charge in [-0.1, -0.05) is 42.1 Å². The van der Waals surface area contributed by atoms with Crippen LogP contribution >= 0.6 is 27.7 Å². The lowest BCUT2D eigenvalue weighted by atomic mass is 10.0. The van der Waals surface area contributed by atoms with Crippen molar-refractivity contribution in [2.24, 2.45) is 0 Å². The highest BCUT2D eigenvalue weighted by atomic mass is 79.9. The highest BCUT2D eigenvalue weighted by molar-refractivity contribution is 9.10. The summed E-state index contributed by atoms with van der Waals surface area (Å²) in [7, 11) is 1.53. The smallest absolute Gasteiger partial charge is 0.407 e. The zero-order chi connectivity index (χ0) is 46.6. The van der Waals surface area contributed by atoms with E-state index in [1.807, 2.05) is 42.5 Å². The van der Waals surface area contributed by atoms with Crippen molar-refractivity contribution in [3.8, 4) is 0 Å². The molecule has 3 unspecified atom stereocenters. The summed E-state index contributed by atoms with van der Waals surface area (Å²) >= 11 is 4.98. The number of unbranched alkanes of at least 4 members (excludes halogenated alkanes) is 1. The van der Waals surface area contributed by atoms with E-state index in [0.29, 0.717) is 56.8 Å². The predicted octanol–water partition coefficient (Wildman–Crippen LogP) is 6.95. The maximum atomic E-state index is 14.9. The van der Waals surface area contributed by atoms with Crippen molar-refractivity contribution in [1.29, 1.82) is 0 Å². The minimum absolute atomic E-state index is 0.0298. The first-order chi connectivity index (χ1) is 30.3. The number of nitrogens with one attached hydrogen (secondary N) is 5. The lowest BCUT2D eigenvalue weighted by Crippen LogP contribution is -2.56. The summed E-state index contributed by atoms with van der Waals surface area (Å²) in [6, 6.07) is 13.5. The van der Waals surface area contributed by atoms with Crippen LogP contribution in [0.1, 0.15) is 84.8 Å². The van der Waals surface area contributed by atoms with Crippen molar-refractivity contribution in [2.45, 2.75) is 126 Å². The summed E-state index contributed by atoms with van der Waals surface area (Å²) < 4.78 is 12.8. The number of hydrogen-bond acceptors (Lipinski definition) is 11. The Balaban J connectivity index is 1.52. The summed E-state index contributed by atoms with van der Waals surface area (Å²) in [6.45, 7) is 11.4. The number of nitrogens with zero attached hydrogens (tertiary/aromatic N) is 3. The van der Waals surface area contributed by atoms with Gasteiger partial charge >= 0.3 is 12.2 Å². The Morgan fingerprint density at radius 1 is 0.875 bits per heavy atom. The molecule has 5 N–H and O–H groups in total. The topological polar surface area (TPSA) is 202 Å². The summed E-state index contributed by atoms with van der Waals surface area (Å²) in [4.78, 5) is 87.8. The number of aromatic nitrogens is 2. The molecular formula is C46H59BrN8O8S. The standard InChI is InChI=1S/C46H59BrN8O8S/c1-45(2,3)62-43(60)49-22-11-10-18-34-42(59)54(7)36(25-30-27-55(28-56)35-20-9-8-16-31(30)35)40(58)53-38-32(47)17-12-21-37(38)64-41-29(15-13-23-48-41)26-51-33(39(57)52-34)19-14-24-50-44(61)63-46(4,5)6/h8-9,12-13,15-17,20-21,23,27-28,33-34,36,51H,10-11,14,18-19,22,24-26H2,1-7H3,(H,49,60)(H,50,61)(H,52,57)(H,53,58). The lowest BCUT2D eigenvalue weighted by molar-refractivity contribution is -0.141. The number of alkyl carbamates (subject to hydrolysis) is 2. The van der Waals surface area contributed by atoms with Gasteiger partial charge in [0.2, 0.25) is 24.1 Å². The van der Waals surface area contributed by atoms with Crippen molar-refractivity contribution in [2.75, 3.05) is 25.5 Å². The number of fused-ring (bicyclic) bond motifs is 3. The Bertz CT molecular complexity index is 2310. The molecule has 344 valence electrons. The molecule has 3 atom stereocenters. The van der Waals surface area contributed by atoms with Gasteiger partial charge in [0, 0.05) is 60.3 Å². The minimum Gasteiger partial charge on any atom is -0.444 e. The molecule has 0 radical (unpaired) electrons. The molecule has 0 spiro atoms. The van der Waals surface area contributed by atoms with Crippen LogP contribution in [0, 0.1) is 0 Å². The van der Waals surface area contributed by atoms with Crippen LogP contribution in [0.25, 0.3) is 10.9 Å². The van der Waals surface area contributed by atoms with Gasteiger partial charge in [-0.05, 0) is 125 Å². The lowest BCUT2D eigenvalue weighted by Gasteiger charge is -2.32. The van der Waals surface area contributed by atoms with Gasteiger partial charge in [-0.15, -0.1) is 0 Å². The fraction of sp³-hybridized carbons (Fsp3) is 0.457. The number of anilines is 1. The van der Waals surface area contributed by atoms with Gasteiger partial charge in [0.25, 0.3) is 0 Å². The number of pyridine rings is 1. The summed E-state index contributed by atoms with van der Waals surface area (Å²) in [5, 5.41) is 16.4. The second kappa shape index (κ2) is 22.4. The summed E-state index contributed by atoms with van der Waals surface area (Å²) in [5.41, 5.74) is 1.22. The maximum absolute atomic E-state index is 14.9. The highest BCUT2D eigenvalue weighted by Crippen LogP contribution is 2.39. The average Bonchev–Trinajstić information content (AvgIpc) is 3.58. The maximum Gasteiger partial charge on any atom is 0.407 e. The average molecular weight is 964 g/mol. The molecule has 0 aliphatic carbocycles. The van der Waals surface area contributed by atoms with E-state index in [1.165, 1.54) is 28.3 Å². The zero-order valence-electron chi connectivity index (χ0n) is 37.4. The number of likely N-dealkylation sites (N-methyl/N-ethyl adjacent to an activating group) is 1. The van der Waals surface area contributed by atoms with Crippen molar-refractivity contribution in [3.63, 3.8) is 0 Å². The van der Waals surface area contributed by atoms with Crippen molar-refractivity contribution in [1.82, 2.24) is 35.7 Å². The van der Waals surface area contributed by atoms with Crippen LogP contribution in [0.5, 0.6) is 0 Å². The van der Waals surface area contributed by atoms with Gasteiger partial charge in [-0.25, -0.2) is 14.6 Å². The Morgan fingerprint density at radius 2 is 1.55 bits per heavy atom. The first-order valence-corrected chi connectivity index (χ1v) is 22.9. The van der Waals surface area contributed by atoms with E-state index < -0.39 is 59.2 Å². The van der Waals surface area contributed by atoms with E-state index in [4.69, 9.17) is 9.47 Å². The molecule has 1 aliphatic heterocycles. The van der Waals surface area contributed by atoms with Crippen LogP contribution in [0.2, 0.25) is 0 Å². The molecule has 3 heterocycles. The largest absolute Gasteiger partial charge is 0.444 e.